The molecule has 1 amide bonds. The molecule has 3 aromatic rings. The van der Waals surface area contributed by atoms with Crippen molar-refractivity contribution in [2.75, 3.05) is 6.61 Å². The highest BCUT2D eigenvalue weighted by atomic mass is 35.5. The largest absolute Gasteiger partial charge is 0.489 e. The van der Waals surface area contributed by atoms with E-state index in [-0.39, 0.29) is 11.4 Å². The molecule has 0 fully saturated rings. The van der Waals surface area contributed by atoms with Gasteiger partial charge in [0.1, 0.15) is 12.4 Å². The smallest absolute Gasteiger partial charge is 0.311 e. The van der Waals surface area contributed by atoms with Crippen LogP contribution in [-0.2, 0) is 11.4 Å². The molecular weight excluding hydrogens is 434 g/mol. The summed E-state index contributed by atoms with van der Waals surface area (Å²) in [5.74, 6) is 0.141. The van der Waals surface area contributed by atoms with Crippen LogP contribution in [0.4, 0.5) is 5.69 Å². The lowest BCUT2D eigenvalue weighted by Gasteiger charge is -2.08. The van der Waals surface area contributed by atoms with Gasteiger partial charge in [-0.3, -0.25) is 14.9 Å². The van der Waals surface area contributed by atoms with Crippen LogP contribution in [-0.4, -0.2) is 23.7 Å². The first kappa shape index (κ1) is 22.8. The average Bonchev–Trinajstić information content (AvgIpc) is 2.78. The second-order valence-corrected chi connectivity index (χ2v) is 7.17. The number of hydrogen-bond acceptors (Lipinski definition) is 6. The van der Waals surface area contributed by atoms with E-state index in [1.807, 2.05) is 18.2 Å². The van der Waals surface area contributed by atoms with E-state index in [9.17, 15) is 14.9 Å². The number of benzene rings is 3. The summed E-state index contributed by atoms with van der Waals surface area (Å²) in [4.78, 5) is 22.4. The standard InChI is InChI=1S/C23H20ClN3O5/c1-16-6-11-22(21(12-16)27(29)30)32-15-23(28)26-25-13-17-7-9-19(10-8-17)31-14-18-4-2-3-5-20(18)24/h2-13H,14-15H2,1H3,(H,26,28). The average molecular weight is 454 g/mol. The fraction of sp³-hybridized carbons (Fsp3) is 0.130. The summed E-state index contributed by atoms with van der Waals surface area (Å²) in [6.07, 6.45) is 1.46. The molecule has 0 bridgehead atoms. The Hall–Kier alpha value is -3.91. The number of nitrogens with one attached hydrogen (secondary N) is 1. The molecule has 164 valence electrons. The SMILES string of the molecule is Cc1ccc(OCC(=O)NN=Cc2ccc(OCc3ccccc3Cl)cc2)c([N+](=O)[O-])c1. The van der Waals surface area contributed by atoms with Crippen LogP contribution in [0.2, 0.25) is 5.02 Å². The second kappa shape index (κ2) is 10.9. The Morgan fingerprint density at radius 2 is 1.88 bits per heavy atom. The van der Waals surface area contributed by atoms with E-state index in [2.05, 4.69) is 10.5 Å². The lowest BCUT2D eigenvalue weighted by molar-refractivity contribution is -0.385. The van der Waals surface area contributed by atoms with Gasteiger partial charge in [-0.2, -0.15) is 5.10 Å². The first-order chi connectivity index (χ1) is 15.4. The highest BCUT2D eigenvalue weighted by Gasteiger charge is 2.16. The number of carbonyl (C=O) groups is 1. The normalized spacial score (nSPS) is 10.7. The zero-order valence-corrected chi connectivity index (χ0v) is 17.9. The van der Waals surface area contributed by atoms with Crippen LogP contribution in [0.5, 0.6) is 11.5 Å². The lowest BCUT2D eigenvalue weighted by Crippen LogP contribution is -2.24. The predicted molar refractivity (Wildman–Crippen MR) is 121 cm³/mol. The molecule has 0 saturated heterocycles. The molecule has 0 aliphatic carbocycles. The van der Waals surface area contributed by atoms with Gasteiger partial charge in [-0.15, -0.1) is 0 Å². The molecule has 0 aromatic heterocycles. The molecule has 9 heteroatoms. The zero-order valence-electron chi connectivity index (χ0n) is 17.2. The number of amides is 1. The summed E-state index contributed by atoms with van der Waals surface area (Å²) in [6, 6.07) is 19.1. The molecule has 0 aliphatic rings. The van der Waals surface area contributed by atoms with Crippen molar-refractivity contribution < 1.29 is 19.2 Å². The summed E-state index contributed by atoms with van der Waals surface area (Å²) in [6.45, 7) is 1.67. The minimum absolute atomic E-state index is 0.0205. The lowest BCUT2D eigenvalue weighted by atomic mass is 10.2. The van der Waals surface area contributed by atoms with E-state index in [4.69, 9.17) is 21.1 Å². The summed E-state index contributed by atoms with van der Waals surface area (Å²) in [5.41, 5.74) is 4.47. The van der Waals surface area contributed by atoms with Crippen molar-refractivity contribution in [2.24, 2.45) is 5.10 Å². The van der Waals surface area contributed by atoms with Crippen molar-refractivity contribution in [3.05, 3.63) is 98.6 Å². The molecule has 1 N–H and O–H groups in total. The molecule has 0 unspecified atom stereocenters. The summed E-state index contributed by atoms with van der Waals surface area (Å²) in [5, 5.41) is 15.6. The van der Waals surface area contributed by atoms with Crippen molar-refractivity contribution in [3.8, 4) is 11.5 Å². The minimum Gasteiger partial charge on any atom is -0.489 e. The number of nitro groups is 1. The zero-order chi connectivity index (χ0) is 22.9. The van der Waals surface area contributed by atoms with Gasteiger partial charge < -0.3 is 9.47 Å². The van der Waals surface area contributed by atoms with E-state index in [1.165, 1.54) is 18.3 Å². The molecule has 3 aromatic carbocycles. The Balaban J connectivity index is 1.47. The number of carbonyl (C=O) groups excluding carboxylic acids is 1. The van der Waals surface area contributed by atoms with E-state index in [0.717, 1.165) is 16.7 Å². The Bertz CT molecular complexity index is 1130. The molecule has 0 radical (unpaired) electrons. The number of ether oxygens (including phenoxy) is 2. The molecule has 0 aliphatic heterocycles. The van der Waals surface area contributed by atoms with Crippen LogP contribution in [0.15, 0.2) is 71.8 Å². The number of halogens is 1. The maximum absolute atomic E-state index is 11.9. The van der Waals surface area contributed by atoms with Gasteiger partial charge in [0.2, 0.25) is 0 Å². The van der Waals surface area contributed by atoms with E-state index in [1.54, 1.807) is 43.3 Å². The molecule has 3 rings (SSSR count). The molecule has 0 atom stereocenters. The molecule has 0 heterocycles. The second-order valence-electron chi connectivity index (χ2n) is 6.76. The highest BCUT2D eigenvalue weighted by Crippen LogP contribution is 2.27. The first-order valence-corrected chi connectivity index (χ1v) is 9.96. The van der Waals surface area contributed by atoms with Crippen LogP contribution in [0.25, 0.3) is 0 Å². The fourth-order valence-electron chi connectivity index (χ4n) is 2.67. The molecule has 0 saturated carbocycles. The summed E-state index contributed by atoms with van der Waals surface area (Å²) < 4.78 is 11.0. The Morgan fingerprint density at radius 1 is 1.12 bits per heavy atom. The van der Waals surface area contributed by atoms with Crippen LogP contribution in [0.1, 0.15) is 16.7 Å². The third-order valence-electron chi connectivity index (χ3n) is 4.31. The maximum Gasteiger partial charge on any atom is 0.311 e. The molecule has 32 heavy (non-hydrogen) atoms. The topological polar surface area (TPSA) is 103 Å². The van der Waals surface area contributed by atoms with E-state index >= 15 is 0 Å². The quantitative estimate of drug-likeness (QED) is 0.288. The van der Waals surface area contributed by atoms with Gasteiger partial charge in [0, 0.05) is 16.7 Å². The Labute approximate surface area is 189 Å². The van der Waals surface area contributed by atoms with Gasteiger partial charge in [-0.1, -0.05) is 35.9 Å². The molecule has 8 nitrogen and oxygen atoms in total. The Morgan fingerprint density at radius 3 is 2.59 bits per heavy atom. The van der Waals surface area contributed by atoms with Gasteiger partial charge in [-0.25, -0.2) is 5.43 Å². The fourth-order valence-corrected chi connectivity index (χ4v) is 2.86. The summed E-state index contributed by atoms with van der Waals surface area (Å²) in [7, 11) is 0. The first-order valence-electron chi connectivity index (χ1n) is 9.58. The number of hydrogen-bond donors (Lipinski definition) is 1. The molecular formula is C23H20ClN3O5. The van der Waals surface area contributed by atoms with Gasteiger partial charge in [-0.05, 0) is 54.4 Å². The highest BCUT2D eigenvalue weighted by molar-refractivity contribution is 6.31. The van der Waals surface area contributed by atoms with Gasteiger partial charge in [0.05, 0.1) is 11.1 Å². The van der Waals surface area contributed by atoms with E-state index in [0.29, 0.717) is 17.4 Å². The summed E-state index contributed by atoms with van der Waals surface area (Å²) >= 11 is 6.11. The van der Waals surface area contributed by atoms with Crippen molar-refractivity contribution in [3.63, 3.8) is 0 Å². The van der Waals surface area contributed by atoms with Crippen molar-refractivity contribution in [2.45, 2.75) is 13.5 Å². The maximum atomic E-state index is 11.9. The minimum atomic E-state index is -0.555. The number of aryl methyl sites for hydroxylation is 1. The van der Waals surface area contributed by atoms with E-state index < -0.39 is 17.4 Å². The van der Waals surface area contributed by atoms with Crippen molar-refractivity contribution in [1.82, 2.24) is 5.43 Å². The monoisotopic (exact) mass is 453 g/mol. The third-order valence-corrected chi connectivity index (χ3v) is 4.67. The van der Waals surface area contributed by atoms with Crippen LogP contribution >= 0.6 is 11.6 Å². The van der Waals surface area contributed by atoms with Crippen LogP contribution in [0.3, 0.4) is 0 Å². The number of hydrazone groups is 1. The third kappa shape index (κ3) is 6.55. The number of nitro benzene ring substituents is 1. The van der Waals surface area contributed by atoms with Crippen molar-refractivity contribution >= 4 is 29.4 Å². The van der Waals surface area contributed by atoms with Gasteiger partial charge >= 0.3 is 5.69 Å². The van der Waals surface area contributed by atoms with Gasteiger partial charge in [0.15, 0.2) is 12.4 Å². The predicted octanol–water partition coefficient (Wildman–Crippen LogP) is 4.66. The van der Waals surface area contributed by atoms with Crippen molar-refractivity contribution in [1.29, 1.82) is 0 Å². The molecule has 0 spiro atoms. The van der Waals surface area contributed by atoms with Gasteiger partial charge in [0.25, 0.3) is 5.91 Å². The van der Waals surface area contributed by atoms with Crippen LogP contribution < -0.4 is 14.9 Å². The number of nitrogens with zero attached hydrogens (tertiary/aromatic N) is 2. The number of rotatable bonds is 9. The Kier molecular flexibility index (Phi) is 7.77. The van der Waals surface area contributed by atoms with Crippen LogP contribution in [0, 0.1) is 17.0 Å².